The lowest BCUT2D eigenvalue weighted by atomic mass is 10.3. The summed E-state index contributed by atoms with van der Waals surface area (Å²) >= 11 is 1.42. The number of ether oxygens (including phenoxy) is 2. The van der Waals surface area contributed by atoms with Crippen LogP contribution < -0.4 is 25.7 Å². The monoisotopic (exact) mass is 400 g/mol. The average Bonchev–Trinajstić information content (AvgIpc) is 3.28. The molecule has 1 aliphatic heterocycles. The Balaban J connectivity index is 1.33. The van der Waals surface area contributed by atoms with Crippen molar-refractivity contribution in [2.75, 3.05) is 18.7 Å². The van der Waals surface area contributed by atoms with Crippen LogP contribution in [0.4, 0.5) is 5.69 Å². The predicted molar refractivity (Wildman–Crippen MR) is 103 cm³/mol. The molecule has 0 bridgehead atoms. The second-order valence-electron chi connectivity index (χ2n) is 6.15. The van der Waals surface area contributed by atoms with Crippen LogP contribution in [0.15, 0.2) is 35.4 Å². The van der Waals surface area contributed by atoms with E-state index in [0.717, 1.165) is 4.88 Å². The summed E-state index contributed by atoms with van der Waals surface area (Å²) in [6.45, 7) is 1.60. The second kappa shape index (κ2) is 7.31. The van der Waals surface area contributed by atoms with Crippen molar-refractivity contribution >= 4 is 39.1 Å². The maximum Gasteiger partial charge on any atom is 0.262 e. The van der Waals surface area contributed by atoms with Crippen LogP contribution in [0.2, 0.25) is 0 Å². The van der Waals surface area contributed by atoms with Gasteiger partial charge in [0.1, 0.15) is 11.4 Å². The highest BCUT2D eigenvalue weighted by Crippen LogP contribution is 2.34. The lowest BCUT2D eigenvalue weighted by Crippen LogP contribution is -2.37. The minimum absolute atomic E-state index is 0.147. The molecule has 0 saturated heterocycles. The Hall–Kier alpha value is -3.40. The van der Waals surface area contributed by atoms with Crippen LogP contribution in [0, 0.1) is 6.92 Å². The molecular weight excluding hydrogens is 384 g/mol. The molecule has 144 valence electrons. The van der Waals surface area contributed by atoms with Crippen molar-refractivity contribution in [2.24, 2.45) is 0 Å². The summed E-state index contributed by atoms with van der Waals surface area (Å²) in [6.07, 6.45) is 1.34. The van der Waals surface area contributed by atoms with Crippen molar-refractivity contribution in [1.82, 2.24) is 14.9 Å². The maximum absolute atomic E-state index is 12.4. The first-order chi connectivity index (χ1) is 13.5. The number of aryl methyl sites for hydroxylation is 1. The summed E-state index contributed by atoms with van der Waals surface area (Å²) in [5, 5.41) is 5.64. The Kier molecular flexibility index (Phi) is 4.70. The van der Waals surface area contributed by atoms with Crippen molar-refractivity contribution < 1.29 is 19.1 Å². The lowest BCUT2D eigenvalue weighted by molar-refractivity contribution is -0.124. The van der Waals surface area contributed by atoms with Gasteiger partial charge in [-0.15, -0.1) is 11.3 Å². The normalized spacial score (nSPS) is 12.2. The minimum atomic E-state index is -0.462. The summed E-state index contributed by atoms with van der Waals surface area (Å²) in [7, 11) is 0. The molecule has 1 aromatic carbocycles. The highest BCUT2D eigenvalue weighted by atomic mass is 32.1. The molecular formula is C18H16N4O5S. The average molecular weight is 400 g/mol. The Morgan fingerprint density at radius 1 is 1.21 bits per heavy atom. The van der Waals surface area contributed by atoms with Crippen molar-refractivity contribution in [3.63, 3.8) is 0 Å². The number of hydrogen-bond acceptors (Lipinski definition) is 7. The van der Waals surface area contributed by atoms with Gasteiger partial charge in [0.2, 0.25) is 18.6 Å². The summed E-state index contributed by atoms with van der Waals surface area (Å²) in [5.74, 6) is 0.300. The van der Waals surface area contributed by atoms with E-state index in [1.54, 1.807) is 24.3 Å². The quantitative estimate of drug-likeness (QED) is 0.667. The molecule has 28 heavy (non-hydrogen) atoms. The third kappa shape index (κ3) is 3.67. The van der Waals surface area contributed by atoms with E-state index in [1.165, 1.54) is 22.2 Å². The van der Waals surface area contributed by atoms with Crippen LogP contribution in [-0.2, 0) is 16.1 Å². The number of amides is 2. The van der Waals surface area contributed by atoms with Gasteiger partial charge in [0, 0.05) is 16.6 Å². The molecule has 0 unspecified atom stereocenters. The van der Waals surface area contributed by atoms with Crippen molar-refractivity contribution in [1.29, 1.82) is 0 Å². The molecule has 9 nitrogen and oxygen atoms in total. The zero-order valence-corrected chi connectivity index (χ0v) is 15.7. The minimum Gasteiger partial charge on any atom is -0.454 e. The number of hydrogen-bond donors (Lipinski definition) is 2. The Morgan fingerprint density at radius 3 is 2.89 bits per heavy atom. The molecule has 0 radical (unpaired) electrons. The fraction of sp³-hybridized carbons (Fsp3) is 0.222. The standard InChI is InChI=1S/C18H16N4O5S/c1-10-4-12-17(28-10)20-8-22(18(12)25)7-16(24)19-6-15(23)21-11-2-3-13-14(5-11)27-9-26-13/h2-5,8H,6-7,9H2,1H3,(H,19,24)(H,21,23). The van der Waals surface area contributed by atoms with Gasteiger partial charge in [-0.2, -0.15) is 0 Å². The van der Waals surface area contributed by atoms with Gasteiger partial charge in [-0.25, -0.2) is 4.98 Å². The number of fused-ring (bicyclic) bond motifs is 2. The third-order valence-corrected chi connectivity index (χ3v) is 5.02. The Bertz CT molecular complexity index is 1140. The number of anilines is 1. The molecule has 3 heterocycles. The first kappa shape index (κ1) is 18.0. The maximum atomic E-state index is 12.4. The molecule has 0 fully saturated rings. The summed E-state index contributed by atoms with van der Waals surface area (Å²) in [5.41, 5.74) is 0.247. The molecule has 0 aliphatic carbocycles. The molecule has 0 atom stereocenters. The number of rotatable bonds is 5. The highest BCUT2D eigenvalue weighted by molar-refractivity contribution is 7.18. The van der Waals surface area contributed by atoms with Crippen LogP contribution in [0.5, 0.6) is 11.5 Å². The number of carbonyl (C=O) groups excluding carboxylic acids is 2. The summed E-state index contributed by atoms with van der Waals surface area (Å²) in [4.78, 5) is 42.3. The molecule has 10 heteroatoms. The molecule has 2 amide bonds. The van der Waals surface area contributed by atoms with Crippen LogP contribution in [0.1, 0.15) is 4.88 Å². The number of thiophene rings is 1. The smallest absolute Gasteiger partial charge is 0.262 e. The Labute approximate surface area is 162 Å². The molecule has 2 N–H and O–H groups in total. The Morgan fingerprint density at radius 2 is 2.04 bits per heavy atom. The lowest BCUT2D eigenvalue weighted by Gasteiger charge is -2.08. The molecule has 0 spiro atoms. The van der Waals surface area contributed by atoms with E-state index in [2.05, 4.69) is 15.6 Å². The summed E-state index contributed by atoms with van der Waals surface area (Å²) < 4.78 is 11.7. The van der Waals surface area contributed by atoms with Gasteiger partial charge in [0.05, 0.1) is 18.3 Å². The summed E-state index contributed by atoms with van der Waals surface area (Å²) in [6, 6.07) is 6.77. The SMILES string of the molecule is Cc1cc2c(=O)n(CC(=O)NCC(=O)Nc3ccc4c(c3)OCO4)cnc2s1. The third-order valence-electron chi connectivity index (χ3n) is 4.06. The largest absolute Gasteiger partial charge is 0.454 e. The van der Waals surface area contributed by atoms with Gasteiger partial charge < -0.3 is 20.1 Å². The van der Waals surface area contributed by atoms with Gasteiger partial charge in [-0.3, -0.25) is 19.0 Å². The van der Waals surface area contributed by atoms with Gasteiger partial charge >= 0.3 is 0 Å². The van der Waals surface area contributed by atoms with Gasteiger partial charge in [-0.05, 0) is 25.1 Å². The number of carbonyl (C=O) groups is 2. The van der Waals surface area contributed by atoms with E-state index in [9.17, 15) is 14.4 Å². The number of nitrogens with one attached hydrogen (secondary N) is 2. The van der Waals surface area contributed by atoms with E-state index < -0.39 is 11.8 Å². The molecule has 0 saturated carbocycles. The topological polar surface area (TPSA) is 112 Å². The van der Waals surface area contributed by atoms with Crippen LogP contribution >= 0.6 is 11.3 Å². The van der Waals surface area contributed by atoms with Gasteiger partial charge in [0.15, 0.2) is 11.5 Å². The molecule has 1 aliphatic rings. The van der Waals surface area contributed by atoms with Gasteiger partial charge in [0.25, 0.3) is 5.56 Å². The van der Waals surface area contributed by atoms with Crippen LogP contribution in [0.3, 0.4) is 0 Å². The van der Waals surface area contributed by atoms with Gasteiger partial charge in [-0.1, -0.05) is 0 Å². The first-order valence-electron chi connectivity index (χ1n) is 8.41. The van der Waals surface area contributed by atoms with E-state index in [-0.39, 0.29) is 25.4 Å². The second-order valence-corrected chi connectivity index (χ2v) is 7.38. The van der Waals surface area contributed by atoms with E-state index >= 15 is 0 Å². The zero-order valence-electron chi connectivity index (χ0n) is 14.9. The zero-order chi connectivity index (χ0) is 19.7. The molecule has 2 aromatic heterocycles. The van der Waals surface area contributed by atoms with Crippen molar-refractivity contribution in [2.45, 2.75) is 13.5 Å². The fourth-order valence-corrected chi connectivity index (χ4v) is 3.60. The number of nitrogens with zero attached hydrogens (tertiary/aromatic N) is 2. The van der Waals surface area contributed by atoms with E-state index in [4.69, 9.17) is 9.47 Å². The highest BCUT2D eigenvalue weighted by Gasteiger charge is 2.15. The first-order valence-corrected chi connectivity index (χ1v) is 9.23. The number of aromatic nitrogens is 2. The predicted octanol–water partition coefficient (Wildman–Crippen LogP) is 1.25. The van der Waals surface area contributed by atoms with Crippen molar-refractivity contribution in [3.8, 4) is 11.5 Å². The van der Waals surface area contributed by atoms with Crippen LogP contribution in [0.25, 0.3) is 10.2 Å². The fourth-order valence-electron chi connectivity index (χ4n) is 2.76. The van der Waals surface area contributed by atoms with Crippen molar-refractivity contribution in [3.05, 3.63) is 45.8 Å². The van der Waals surface area contributed by atoms with Crippen LogP contribution in [-0.4, -0.2) is 34.7 Å². The molecule has 4 rings (SSSR count). The molecule has 3 aromatic rings. The van der Waals surface area contributed by atoms with E-state index in [1.807, 2.05) is 6.92 Å². The number of benzene rings is 1. The van der Waals surface area contributed by atoms with E-state index in [0.29, 0.717) is 27.4 Å².